The van der Waals surface area contributed by atoms with Crippen molar-refractivity contribution in [2.24, 2.45) is 0 Å². The lowest BCUT2D eigenvalue weighted by Crippen LogP contribution is -2.04. The molecule has 152 valence electrons. The van der Waals surface area contributed by atoms with Gasteiger partial charge in [0.15, 0.2) is 11.5 Å². The molecule has 3 rings (SSSR count). The van der Waals surface area contributed by atoms with Gasteiger partial charge in [-0.3, -0.25) is 0 Å². The minimum atomic E-state index is 0.486. The molecule has 3 aromatic carbocycles. The van der Waals surface area contributed by atoms with Gasteiger partial charge in [-0.2, -0.15) is 0 Å². The second kappa shape index (κ2) is 10.0. The number of halogens is 2. The molecular weight excluding hydrogens is 450 g/mol. The molecule has 1 N–H and O–H groups in total. The predicted octanol–water partition coefficient (Wildman–Crippen LogP) is 7.31. The number of nitrogens with one attached hydrogen (secondary N) is 1. The minimum Gasteiger partial charge on any atom is -0.490 e. The smallest absolute Gasteiger partial charge is 0.175 e. The summed E-state index contributed by atoms with van der Waals surface area (Å²) >= 11 is 9.87. The first-order valence-corrected chi connectivity index (χ1v) is 10.8. The highest BCUT2D eigenvalue weighted by atomic mass is 79.9. The van der Waals surface area contributed by atoms with Crippen LogP contribution in [0.1, 0.15) is 29.2 Å². The lowest BCUT2D eigenvalue weighted by molar-refractivity contribution is 0.267. The van der Waals surface area contributed by atoms with Crippen LogP contribution in [0.4, 0.5) is 5.69 Å². The van der Waals surface area contributed by atoms with Crippen LogP contribution in [0.5, 0.6) is 11.5 Å². The second-order valence-corrected chi connectivity index (χ2v) is 8.19. The van der Waals surface area contributed by atoms with Crippen LogP contribution in [0.3, 0.4) is 0 Å². The average Bonchev–Trinajstić information content (AvgIpc) is 2.68. The van der Waals surface area contributed by atoms with Crippen LogP contribution in [0.2, 0.25) is 5.02 Å². The summed E-state index contributed by atoms with van der Waals surface area (Å²) in [6.45, 7) is 7.74. The van der Waals surface area contributed by atoms with Crippen molar-refractivity contribution in [3.05, 3.63) is 86.3 Å². The van der Waals surface area contributed by atoms with E-state index in [1.54, 1.807) is 0 Å². The first kappa shape index (κ1) is 21.5. The van der Waals surface area contributed by atoms with E-state index in [-0.39, 0.29) is 0 Å². The topological polar surface area (TPSA) is 30.5 Å². The zero-order valence-electron chi connectivity index (χ0n) is 16.9. The quantitative estimate of drug-likeness (QED) is 0.371. The van der Waals surface area contributed by atoms with E-state index in [0.717, 1.165) is 43.4 Å². The Hall–Kier alpha value is -2.17. The van der Waals surface area contributed by atoms with Gasteiger partial charge in [0.25, 0.3) is 0 Å². The Morgan fingerprint density at radius 2 is 1.79 bits per heavy atom. The Morgan fingerprint density at radius 1 is 0.966 bits per heavy atom. The van der Waals surface area contributed by atoms with Crippen LogP contribution < -0.4 is 14.8 Å². The molecule has 0 fully saturated rings. The van der Waals surface area contributed by atoms with Gasteiger partial charge in [0.05, 0.1) is 11.1 Å². The summed E-state index contributed by atoms with van der Waals surface area (Å²) < 4.78 is 12.8. The van der Waals surface area contributed by atoms with Gasteiger partial charge in [0, 0.05) is 17.3 Å². The van der Waals surface area contributed by atoms with Gasteiger partial charge in [-0.15, -0.1) is 0 Å². The Kier molecular flexibility index (Phi) is 7.45. The van der Waals surface area contributed by atoms with E-state index in [4.69, 9.17) is 21.1 Å². The Balaban J connectivity index is 1.75. The molecule has 3 nitrogen and oxygen atoms in total. The van der Waals surface area contributed by atoms with Crippen molar-refractivity contribution in [1.29, 1.82) is 0 Å². The van der Waals surface area contributed by atoms with Crippen molar-refractivity contribution in [3.63, 3.8) is 0 Å². The van der Waals surface area contributed by atoms with Gasteiger partial charge in [-0.05, 0) is 77.7 Å². The third kappa shape index (κ3) is 5.91. The number of hydrogen-bond acceptors (Lipinski definition) is 3. The van der Waals surface area contributed by atoms with Gasteiger partial charge in [-0.1, -0.05) is 47.5 Å². The highest BCUT2D eigenvalue weighted by molar-refractivity contribution is 9.10. The lowest BCUT2D eigenvalue weighted by Gasteiger charge is -2.16. The van der Waals surface area contributed by atoms with Gasteiger partial charge < -0.3 is 14.8 Å². The predicted molar refractivity (Wildman–Crippen MR) is 124 cm³/mol. The molecule has 0 aliphatic rings. The maximum Gasteiger partial charge on any atom is 0.175 e. The van der Waals surface area contributed by atoms with Gasteiger partial charge in [-0.25, -0.2) is 0 Å². The molecule has 0 spiro atoms. The zero-order chi connectivity index (χ0) is 20.8. The lowest BCUT2D eigenvalue weighted by atomic mass is 10.1. The van der Waals surface area contributed by atoms with Gasteiger partial charge in [0.1, 0.15) is 6.61 Å². The monoisotopic (exact) mass is 473 g/mol. The Labute approximate surface area is 186 Å². The third-order valence-electron chi connectivity index (χ3n) is 4.50. The summed E-state index contributed by atoms with van der Waals surface area (Å²) in [6, 6.07) is 18.3. The Morgan fingerprint density at radius 3 is 2.52 bits per heavy atom. The van der Waals surface area contributed by atoms with Crippen LogP contribution in [0, 0.1) is 13.8 Å². The Bertz CT molecular complexity index is 991. The summed E-state index contributed by atoms with van der Waals surface area (Å²) in [5.41, 5.74) is 5.47. The molecule has 0 amide bonds. The van der Waals surface area contributed by atoms with E-state index >= 15 is 0 Å². The zero-order valence-corrected chi connectivity index (χ0v) is 19.2. The van der Waals surface area contributed by atoms with Crippen molar-refractivity contribution in [2.45, 2.75) is 33.9 Å². The molecule has 0 saturated heterocycles. The van der Waals surface area contributed by atoms with Crippen molar-refractivity contribution in [2.75, 3.05) is 11.9 Å². The van der Waals surface area contributed by atoms with E-state index in [1.165, 1.54) is 5.56 Å². The molecule has 0 aromatic heterocycles. The highest BCUT2D eigenvalue weighted by Crippen LogP contribution is 2.37. The van der Waals surface area contributed by atoms with E-state index in [1.807, 2.05) is 44.2 Å². The molecule has 0 atom stereocenters. The van der Waals surface area contributed by atoms with Crippen LogP contribution in [-0.4, -0.2) is 6.61 Å². The van der Waals surface area contributed by atoms with Crippen molar-refractivity contribution >= 4 is 33.2 Å². The fourth-order valence-electron chi connectivity index (χ4n) is 2.99. The maximum absolute atomic E-state index is 6.22. The number of ether oxygens (including phenoxy) is 2. The van der Waals surface area contributed by atoms with Gasteiger partial charge >= 0.3 is 0 Å². The molecule has 3 aromatic rings. The fraction of sp³-hybridized carbons (Fsp3) is 0.250. The molecular formula is C24H25BrClNO2. The molecule has 0 aliphatic heterocycles. The standard InChI is InChI=1S/C24H25BrClNO2/c1-4-28-23-12-19(14-27-20-9-8-17(3)22(26)13-20)11-21(25)24(23)29-15-18-7-5-6-16(2)10-18/h5-13,27H,4,14-15H2,1-3H3. The number of benzene rings is 3. The van der Waals surface area contributed by atoms with Crippen molar-refractivity contribution in [1.82, 2.24) is 0 Å². The van der Waals surface area contributed by atoms with Crippen molar-refractivity contribution in [3.8, 4) is 11.5 Å². The molecule has 0 bridgehead atoms. The number of anilines is 1. The first-order chi connectivity index (χ1) is 14.0. The average molecular weight is 475 g/mol. The molecule has 29 heavy (non-hydrogen) atoms. The number of rotatable bonds is 8. The van der Waals surface area contributed by atoms with Crippen LogP contribution >= 0.6 is 27.5 Å². The fourth-order valence-corrected chi connectivity index (χ4v) is 3.78. The van der Waals surface area contributed by atoms with Crippen molar-refractivity contribution < 1.29 is 9.47 Å². The van der Waals surface area contributed by atoms with Crippen LogP contribution in [-0.2, 0) is 13.2 Å². The summed E-state index contributed by atoms with van der Waals surface area (Å²) in [5, 5.41) is 4.16. The summed E-state index contributed by atoms with van der Waals surface area (Å²) in [6.07, 6.45) is 0. The highest BCUT2D eigenvalue weighted by Gasteiger charge is 2.13. The van der Waals surface area contributed by atoms with E-state index in [9.17, 15) is 0 Å². The van der Waals surface area contributed by atoms with Crippen LogP contribution in [0.25, 0.3) is 0 Å². The van der Waals surface area contributed by atoms with Gasteiger partial charge in [0.2, 0.25) is 0 Å². The van der Waals surface area contributed by atoms with E-state index < -0.39 is 0 Å². The van der Waals surface area contributed by atoms with E-state index in [2.05, 4.69) is 52.4 Å². The molecule has 5 heteroatoms. The van der Waals surface area contributed by atoms with E-state index in [0.29, 0.717) is 19.8 Å². The molecule has 0 unspecified atom stereocenters. The SMILES string of the molecule is CCOc1cc(CNc2ccc(C)c(Cl)c2)cc(Br)c1OCc1cccc(C)c1. The largest absolute Gasteiger partial charge is 0.490 e. The summed E-state index contributed by atoms with van der Waals surface area (Å²) in [7, 11) is 0. The summed E-state index contributed by atoms with van der Waals surface area (Å²) in [4.78, 5) is 0. The molecule has 0 saturated carbocycles. The third-order valence-corrected chi connectivity index (χ3v) is 5.50. The maximum atomic E-state index is 6.22. The van der Waals surface area contributed by atoms with Crippen LogP contribution in [0.15, 0.2) is 59.1 Å². The second-order valence-electron chi connectivity index (χ2n) is 6.93. The number of aryl methyl sites for hydroxylation is 2. The molecule has 0 radical (unpaired) electrons. The number of hydrogen-bond donors (Lipinski definition) is 1. The molecule has 0 heterocycles. The first-order valence-electron chi connectivity index (χ1n) is 9.60. The normalized spacial score (nSPS) is 10.7. The minimum absolute atomic E-state index is 0.486. The summed E-state index contributed by atoms with van der Waals surface area (Å²) in [5.74, 6) is 1.45. The molecule has 0 aliphatic carbocycles.